The lowest BCUT2D eigenvalue weighted by atomic mass is 10.3. The minimum absolute atomic E-state index is 0.0986. The molecule has 1 aliphatic heterocycles. The van der Waals surface area contributed by atoms with Crippen LogP contribution in [0, 0.1) is 0 Å². The molecule has 7 heteroatoms. The van der Waals surface area contributed by atoms with E-state index >= 15 is 0 Å². The molecule has 1 saturated heterocycles. The molecule has 98 valence electrons. The standard InChI is InChI=1S/C11H13ClN2O3S/c1-18(16,17)13-9-6-11(15)14(7-9)10-4-2-8(12)3-5-10/h2-5,9,13H,6-7H2,1H3/t9-/m1/s1. The van der Waals surface area contributed by atoms with Crippen LogP contribution in [0.3, 0.4) is 0 Å². The molecule has 1 heterocycles. The lowest BCUT2D eigenvalue weighted by Crippen LogP contribution is -2.36. The molecule has 2 rings (SSSR count). The largest absolute Gasteiger partial charge is 0.311 e. The summed E-state index contributed by atoms with van der Waals surface area (Å²) in [6, 6.07) is 6.50. The summed E-state index contributed by atoms with van der Waals surface area (Å²) in [7, 11) is -3.29. The van der Waals surface area contributed by atoms with E-state index in [4.69, 9.17) is 11.6 Å². The first-order valence-electron chi connectivity index (χ1n) is 5.38. The van der Waals surface area contributed by atoms with Crippen LogP contribution in [0.2, 0.25) is 5.02 Å². The minimum atomic E-state index is -3.29. The SMILES string of the molecule is CS(=O)(=O)N[C@@H]1CC(=O)N(c2ccc(Cl)cc2)C1. The first-order valence-corrected chi connectivity index (χ1v) is 7.65. The number of nitrogens with one attached hydrogen (secondary N) is 1. The molecule has 0 aromatic heterocycles. The predicted octanol–water partition coefficient (Wildman–Crippen LogP) is 0.994. The fourth-order valence-electron chi connectivity index (χ4n) is 1.96. The van der Waals surface area contributed by atoms with Gasteiger partial charge in [-0.1, -0.05) is 11.6 Å². The predicted molar refractivity (Wildman–Crippen MR) is 70.2 cm³/mol. The van der Waals surface area contributed by atoms with Crippen LogP contribution >= 0.6 is 11.6 Å². The Morgan fingerprint density at radius 3 is 2.50 bits per heavy atom. The monoisotopic (exact) mass is 288 g/mol. The van der Waals surface area contributed by atoms with Gasteiger partial charge < -0.3 is 4.90 Å². The molecule has 18 heavy (non-hydrogen) atoms. The molecule has 0 saturated carbocycles. The van der Waals surface area contributed by atoms with E-state index in [0.717, 1.165) is 11.9 Å². The summed E-state index contributed by atoms with van der Waals surface area (Å²) >= 11 is 5.78. The number of hydrogen-bond acceptors (Lipinski definition) is 3. The highest BCUT2D eigenvalue weighted by Gasteiger charge is 2.32. The fraction of sp³-hybridized carbons (Fsp3) is 0.364. The summed E-state index contributed by atoms with van der Waals surface area (Å²) < 4.78 is 24.7. The smallest absolute Gasteiger partial charge is 0.228 e. The van der Waals surface area contributed by atoms with Crippen molar-refractivity contribution < 1.29 is 13.2 Å². The Morgan fingerprint density at radius 1 is 1.33 bits per heavy atom. The van der Waals surface area contributed by atoms with Gasteiger partial charge in [0, 0.05) is 29.7 Å². The highest BCUT2D eigenvalue weighted by Crippen LogP contribution is 2.23. The van der Waals surface area contributed by atoms with E-state index in [1.54, 1.807) is 29.2 Å². The van der Waals surface area contributed by atoms with Crippen molar-refractivity contribution in [1.82, 2.24) is 4.72 Å². The van der Waals surface area contributed by atoms with Gasteiger partial charge in [-0.3, -0.25) is 4.79 Å². The van der Waals surface area contributed by atoms with Crippen molar-refractivity contribution in [1.29, 1.82) is 0 Å². The third kappa shape index (κ3) is 3.22. The summed E-state index contributed by atoms with van der Waals surface area (Å²) in [5, 5.41) is 0.594. The lowest BCUT2D eigenvalue weighted by molar-refractivity contribution is -0.117. The zero-order valence-electron chi connectivity index (χ0n) is 9.76. The van der Waals surface area contributed by atoms with Gasteiger partial charge in [0.15, 0.2) is 0 Å². The van der Waals surface area contributed by atoms with Crippen molar-refractivity contribution >= 4 is 33.2 Å². The highest BCUT2D eigenvalue weighted by atomic mass is 35.5. The van der Waals surface area contributed by atoms with E-state index in [2.05, 4.69) is 4.72 Å². The van der Waals surface area contributed by atoms with Gasteiger partial charge >= 0.3 is 0 Å². The Kier molecular flexibility index (Phi) is 3.61. The van der Waals surface area contributed by atoms with Crippen molar-refractivity contribution in [3.05, 3.63) is 29.3 Å². The molecule has 1 aliphatic rings. The quantitative estimate of drug-likeness (QED) is 0.902. The summed E-state index contributed by atoms with van der Waals surface area (Å²) in [5.41, 5.74) is 0.724. The Bertz CT molecular complexity index is 556. The maximum Gasteiger partial charge on any atom is 0.228 e. The second-order valence-corrected chi connectivity index (χ2v) is 6.49. The number of hydrogen-bond donors (Lipinski definition) is 1. The number of carbonyl (C=O) groups excluding carboxylic acids is 1. The molecule has 0 unspecified atom stereocenters. The molecule has 0 bridgehead atoms. The van der Waals surface area contributed by atoms with Crippen LogP contribution in [0.15, 0.2) is 24.3 Å². The van der Waals surface area contributed by atoms with Gasteiger partial charge in [0.2, 0.25) is 15.9 Å². The van der Waals surface area contributed by atoms with E-state index in [1.165, 1.54) is 0 Å². The van der Waals surface area contributed by atoms with Gasteiger partial charge in [-0.05, 0) is 24.3 Å². The minimum Gasteiger partial charge on any atom is -0.311 e. The van der Waals surface area contributed by atoms with Crippen molar-refractivity contribution in [2.75, 3.05) is 17.7 Å². The van der Waals surface area contributed by atoms with Crippen LogP contribution in [0.25, 0.3) is 0 Å². The number of nitrogens with zero attached hydrogens (tertiary/aromatic N) is 1. The van der Waals surface area contributed by atoms with Gasteiger partial charge in [-0.25, -0.2) is 13.1 Å². The van der Waals surface area contributed by atoms with E-state index in [9.17, 15) is 13.2 Å². The van der Waals surface area contributed by atoms with Crippen LogP contribution in [0.5, 0.6) is 0 Å². The normalized spacial score (nSPS) is 20.4. The summed E-state index contributed by atoms with van der Waals surface area (Å²) in [6.45, 7) is 0.341. The second kappa shape index (κ2) is 4.87. The molecule has 0 aliphatic carbocycles. The fourth-order valence-corrected chi connectivity index (χ4v) is 2.85. The molecule has 1 aromatic carbocycles. The maximum atomic E-state index is 11.8. The van der Waals surface area contributed by atoms with Gasteiger partial charge in [0.1, 0.15) is 0 Å². The average molecular weight is 289 g/mol. The maximum absolute atomic E-state index is 11.8. The number of benzene rings is 1. The van der Waals surface area contributed by atoms with Crippen LogP contribution in [0.1, 0.15) is 6.42 Å². The molecule has 0 radical (unpaired) electrons. The summed E-state index contributed by atoms with van der Waals surface area (Å²) in [6.07, 6.45) is 1.26. The molecule has 1 fully saturated rings. The zero-order valence-corrected chi connectivity index (χ0v) is 11.3. The molecule has 1 atom stereocenters. The van der Waals surface area contributed by atoms with Gasteiger partial charge in [-0.15, -0.1) is 0 Å². The van der Waals surface area contributed by atoms with Gasteiger partial charge in [0.05, 0.1) is 6.26 Å². The lowest BCUT2D eigenvalue weighted by Gasteiger charge is -2.16. The number of amides is 1. The Labute approximate surface area is 111 Å². The third-order valence-electron chi connectivity index (χ3n) is 2.64. The van der Waals surface area contributed by atoms with Crippen LogP contribution < -0.4 is 9.62 Å². The van der Waals surface area contributed by atoms with Crippen LogP contribution in [0.4, 0.5) is 5.69 Å². The van der Waals surface area contributed by atoms with E-state index in [1.807, 2.05) is 0 Å². The Morgan fingerprint density at radius 2 is 1.94 bits per heavy atom. The Hall–Kier alpha value is -1.11. The number of sulfonamides is 1. The molecule has 0 spiro atoms. The third-order valence-corrected chi connectivity index (χ3v) is 3.66. The zero-order chi connectivity index (χ0) is 13.3. The van der Waals surface area contributed by atoms with Crippen molar-refractivity contribution in [2.24, 2.45) is 0 Å². The van der Waals surface area contributed by atoms with Crippen LogP contribution in [-0.2, 0) is 14.8 Å². The van der Waals surface area contributed by atoms with E-state index in [0.29, 0.717) is 11.6 Å². The number of anilines is 1. The number of halogens is 1. The average Bonchev–Trinajstić information content (AvgIpc) is 2.58. The van der Waals surface area contributed by atoms with Crippen molar-refractivity contribution in [3.8, 4) is 0 Å². The second-order valence-electron chi connectivity index (χ2n) is 4.27. The Balaban J connectivity index is 2.12. The first-order chi connectivity index (χ1) is 8.35. The molecular formula is C11H13ClN2O3S. The molecule has 5 nitrogen and oxygen atoms in total. The van der Waals surface area contributed by atoms with Gasteiger partial charge in [0.25, 0.3) is 0 Å². The molecule has 1 amide bonds. The molecule has 1 N–H and O–H groups in total. The summed E-state index contributed by atoms with van der Waals surface area (Å²) in [4.78, 5) is 13.4. The van der Waals surface area contributed by atoms with E-state index < -0.39 is 10.0 Å². The topological polar surface area (TPSA) is 66.5 Å². The van der Waals surface area contributed by atoms with Gasteiger partial charge in [-0.2, -0.15) is 0 Å². The molecular weight excluding hydrogens is 276 g/mol. The highest BCUT2D eigenvalue weighted by molar-refractivity contribution is 7.88. The van der Waals surface area contributed by atoms with Crippen molar-refractivity contribution in [2.45, 2.75) is 12.5 Å². The van der Waals surface area contributed by atoms with Crippen molar-refractivity contribution in [3.63, 3.8) is 0 Å². The molecule has 1 aromatic rings. The first kappa shape index (κ1) is 13.3. The van der Waals surface area contributed by atoms with E-state index in [-0.39, 0.29) is 18.4 Å². The van der Waals surface area contributed by atoms with Crippen LogP contribution in [-0.4, -0.2) is 33.2 Å². The number of rotatable bonds is 3. The number of carbonyl (C=O) groups is 1. The summed E-state index contributed by atoms with van der Waals surface area (Å²) in [5.74, 6) is -0.0986.